The van der Waals surface area contributed by atoms with Crippen LogP contribution >= 0.6 is 0 Å². The average Bonchev–Trinajstić information content (AvgIpc) is 3.08. The van der Waals surface area contributed by atoms with Crippen molar-refractivity contribution in [2.24, 2.45) is 0 Å². The van der Waals surface area contributed by atoms with Gasteiger partial charge in [0, 0.05) is 38.4 Å². The minimum absolute atomic E-state index is 0.160. The highest BCUT2D eigenvalue weighted by molar-refractivity contribution is 5.92. The number of likely N-dealkylation sites (tertiary alicyclic amines) is 1. The van der Waals surface area contributed by atoms with Crippen LogP contribution in [0.15, 0.2) is 48.7 Å². The quantitative estimate of drug-likeness (QED) is 0.875. The number of carbonyl (C=O) groups excluding carboxylic acids is 1. The molecule has 0 aliphatic carbocycles. The molecule has 1 amide bonds. The van der Waals surface area contributed by atoms with Crippen LogP contribution in [0.25, 0.3) is 0 Å². The minimum Gasteiger partial charge on any atom is -0.343 e. The summed E-state index contributed by atoms with van der Waals surface area (Å²) >= 11 is 0. The Labute approximate surface area is 150 Å². The molecule has 133 valence electrons. The van der Waals surface area contributed by atoms with Gasteiger partial charge in [0.1, 0.15) is 5.69 Å². The van der Waals surface area contributed by atoms with E-state index in [2.05, 4.69) is 48.0 Å². The van der Waals surface area contributed by atoms with Crippen LogP contribution in [0.1, 0.15) is 42.7 Å². The lowest BCUT2D eigenvalue weighted by Gasteiger charge is -2.32. The Kier molecular flexibility index (Phi) is 5.92. The Hall–Kier alpha value is -2.07. The van der Waals surface area contributed by atoms with Crippen molar-refractivity contribution < 1.29 is 4.79 Å². The van der Waals surface area contributed by atoms with E-state index in [0.717, 1.165) is 44.7 Å². The maximum atomic E-state index is 12.8. The molecule has 1 aromatic heterocycles. The highest BCUT2D eigenvalue weighted by Crippen LogP contribution is 2.16. The number of nitrogens with one attached hydrogen (secondary N) is 1. The number of amides is 1. The van der Waals surface area contributed by atoms with E-state index in [-0.39, 0.29) is 5.91 Å². The Balaban J connectivity index is 1.50. The Bertz CT molecular complexity index is 669. The fourth-order valence-corrected chi connectivity index (χ4v) is 3.39. The van der Waals surface area contributed by atoms with Gasteiger partial charge in [-0.1, -0.05) is 44.2 Å². The molecule has 2 aromatic rings. The van der Waals surface area contributed by atoms with Crippen LogP contribution in [0.2, 0.25) is 0 Å². The minimum atomic E-state index is 0.160. The molecule has 2 heterocycles. The molecular formula is C21H28N3O. The summed E-state index contributed by atoms with van der Waals surface area (Å²) in [7, 11) is 0. The van der Waals surface area contributed by atoms with E-state index in [4.69, 9.17) is 0 Å². The first-order valence-electron chi connectivity index (χ1n) is 9.14. The lowest BCUT2D eigenvalue weighted by Crippen LogP contribution is -2.45. The summed E-state index contributed by atoms with van der Waals surface area (Å²) in [6.07, 6.45) is 4.02. The van der Waals surface area contributed by atoms with Crippen LogP contribution in [-0.2, 0) is 13.1 Å². The summed E-state index contributed by atoms with van der Waals surface area (Å²) in [4.78, 5) is 14.8. The summed E-state index contributed by atoms with van der Waals surface area (Å²) < 4.78 is 2.05. The monoisotopic (exact) mass is 338 g/mol. The molecule has 0 bridgehead atoms. The van der Waals surface area contributed by atoms with Gasteiger partial charge >= 0.3 is 0 Å². The molecule has 1 aromatic carbocycles. The predicted octanol–water partition coefficient (Wildman–Crippen LogP) is 3.50. The standard InChI is InChI=1S/C21H28N3O/c1-17(2)16-24-12-6-9-20(24)21(25)23-13-10-19(11-14-23)22-15-18-7-4-3-5-8-18/h3-9,12,19,22H,10-11,13-16H2,1-2H3. The number of hydrogen-bond acceptors (Lipinski definition) is 2. The Morgan fingerprint density at radius 2 is 1.80 bits per heavy atom. The predicted molar refractivity (Wildman–Crippen MR) is 101 cm³/mol. The van der Waals surface area contributed by atoms with Gasteiger partial charge in [0.15, 0.2) is 0 Å². The van der Waals surface area contributed by atoms with Gasteiger partial charge in [-0.3, -0.25) is 4.79 Å². The molecule has 1 aliphatic heterocycles. The van der Waals surface area contributed by atoms with Crippen LogP contribution in [0, 0.1) is 5.92 Å². The van der Waals surface area contributed by atoms with Crippen LogP contribution < -0.4 is 5.32 Å². The highest BCUT2D eigenvalue weighted by Gasteiger charge is 2.25. The van der Waals surface area contributed by atoms with Gasteiger partial charge in [-0.05, 0) is 36.5 Å². The maximum absolute atomic E-state index is 12.8. The second-order valence-electron chi connectivity index (χ2n) is 7.16. The smallest absolute Gasteiger partial charge is 0.270 e. The molecule has 3 rings (SSSR count). The summed E-state index contributed by atoms with van der Waals surface area (Å²) in [5.74, 6) is 1.46. The molecule has 0 spiro atoms. The molecule has 4 heteroatoms. The molecule has 0 unspecified atom stereocenters. The highest BCUT2D eigenvalue weighted by atomic mass is 16.2. The normalized spacial score (nSPS) is 15.7. The van der Waals surface area contributed by atoms with Crippen LogP contribution in [0.5, 0.6) is 0 Å². The Morgan fingerprint density at radius 3 is 2.48 bits per heavy atom. The molecule has 1 aliphatic rings. The first kappa shape index (κ1) is 17.7. The molecule has 0 saturated carbocycles. The van der Waals surface area contributed by atoms with E-state index in [1.807, 2.05) is 29.3 Å². The number of aromatic nitrogens is 1. The van der Waals surface area contributed by atoms with E-state index in [0.29, 0.717) is 6.04 Å². The molecular weight excluding hydrogens is 310 g/mol. The number of hydrogen-bond donors (Lipinski definition) is 1. The van der Waals surface area contributed by atoms with E-state index in [9.17, 15) is 4.79 Å². The van der Waals surface area contributed by atoms with Gasteiger partial charge in [0.05, 0.1) is 0 Å². The lowest BCUT2D eigenvalue weighted by atomic mass is 10.0. The molecule has 1 radical (unpaired) electrons. The van der Waals surface area contributed by atoms with Crippen molar-refractivity contribution in [3.63, 3.8) is 0 Å². The third-order valence-electron chi connectivity index (χ3n) is 4.76. The Morgan fingerprint density at radius 1 is 1.08 bits per heavy atom. The van der Waals surface area contributed by atoms with Crippen molar-refractivity contribution in [2.75, 3.05) is 13.1 Å². The third-order valence-corrected chi connectivity index (χ3v) is 4.76. The van der Waals surface area contributed by atoms with E-state index >= 15 is 0 Å². The van der Waals surface area contributed by atoms with Crippen molar-refractivity contribution in [3.8, 4) is 0 Å². The zero-order chi connectivity index (χ0) is 17.6. The third kappa shape index (κ3) is 4.73. The first-order valence-corrected chi connectivity index (χ1v) is 9.14. The van der Waals surface area contributed by atoms with Gasteiger partial charge in [-0.2, -0.15) is 0 Å². The number of benzene rings is 1. The van der Waals surface area contributed by atoms with Crippen molar-refractivity contribution in [1.29, 1.82) is 0 Å². The topological polar surface area (TPSA) is 37.3 Å². The van der Waals surface area contributed by atoms with E-state index < -0.39 is 0 Å². The van der Waals surface area contributed by atoms with Crippen molar-refractivity contribution in [3.05, 3.63) is 65.8 Å². The van der Waals surface area contributed by atoms with Crippen molar-refractivity contribution in [1.82, 2.24) is 14.8 Å². The summed E-state index contributed by atoms with van der Waals surface area (Å²) in [5.41, 5.74) is 2.11. The van der Waals surface area contributed by atoms with Crippen molar-refractivity contribution >= 4 is 5.91 Å². The van der Waals surface area contributed by atoms with E-state index in [1.54, 1.807) is 0 Å². The van der Waals surface area contributed by atoms with Gasteiger partial charge in [0.2, 0.25) is 0 Å². The first-order chi connectivity index (χ1) is 12.1. The second-order valence-corrected chi connectivity index (χ2v) is 7.16. The average molecular weight is 338 g/mol. The van der Waals surface area contributed by atoms with Crippen LogP contribution in [0.3, 0.4) is 0 Å². The maximum Gasteiger partial charge on any atom is 0.270 e. The SMILES string of the molecule is C[C](C)Cn1cccc1C(=O)N1CCC(NCc2ccccc2)CC1. The molecule has 1 N–H and O–H groups in total. The van der Waals surface area contributed by atoms with Gasteiger partial charge in [0.25, 0.3) is 5.91 Å². The fraction of sp³-hybridized carbons (Fsp3) is 0.429. The molecule has 1 saturated heterocycles. The summed E-state index contributed by atoms with van der Waals surface area (Å²) in [6, 6.07) is 14.9. The lowest BCUT2D eigenvalue weighted by molar-refractivity contribution is 0.0694. The molecule has 4 nitrogen and oxygen atoms in total. The number of carbonyl (C=O) groups is 1. The number of piperidine rings is 1. The zero-order valence-corrected chi connectivity index (χ0v) is 15.2. The van der Waals surface area contributed by atoms with Gasteiger partial charge in [-0.25, -0.2) is 0 Å². The molecule has 25 heavy (non-hydrogen) atoms. The molecule has 0 atom stereocenters. The number of nitrogens with zero attached hydrogens (tertiary/aromatic N) is 2. The van der Waals surface area contributed by atoms with Gasteiger partial charge in [-0.15, -0.1) is 0 Å². The molecule has 1 fully saturated rings. The van der Waals surface area contributed by atoms with Crippen LogP contribution in [-0.4, -0.2) is 34.5 Å². The fourth-order valence-electron chi connectivity index (χ4n) is 3.39. The second kappa shape index (κ2) is 8.34. The summed E-state index contributed by atoms with van der Waals surface area (Å²) in [6.45, 7) is 7.55. The zero-order valence-electron chi connectivity index (χ0n) is 15.2. The van der Waals surface area contributed by atoms with Crippen LogP contribution in [0.4, 0.5) is 0 Å². The van der Waals surface area contributed by atoms with E-state index in [1.165, 1.54) is 11.5 Å². The van der Waals surface area contributed by atoms with Gasteiger partial charge < -0.3 is 14.8 Å². The number of rotatable bonds is 6. The summed E-state index contributed by atoms with van der Waals surface area (Å²) in [5, 5.41) is 3.62. The largest absolute Gasteiger partial charge is 0.343 e. The van der Waals surface area contributed by atoms with Crippen molar-refractivity contribution in [2.45, 2.75) is 45.8 Å².